The van der Waals surface area contributed by atoms with Crippen LogP contribution in [0.15, 0.2) is 0 Å². The number of amides is 2. The predicted molar refractivity (Wildman–Crippen MR) is 68.2 cm³/mol. The van der Waals surface area contributed by atoms with Gasteiger partial charge in [0, 0.05) is 6.04 Å². The number of carboxylic acids is 1. The molecule has 2 fully saturated rings. The molecule has 2 amide bonds. The van der Waals surface area contributed by atoms with E-state index in [4.69, 9.17) is 5.11 Å². The molecule has 1 saturated carbocycles. The lowest BCUT2D eigenvalue weighted by Gasteiger charge is -2.25. The largest absolute Gasteiger partial charge is 0.481 e. The van der Waals surface area contributed by atoms with E-state index in [2.05, 4.69) is 6.92 Å². The van der Waals surface area contributed by atoms with Gasteiger partial charge in [0.15, 0.2) is 0 Å². The zero-order chi connectivity index (χ0) is 14.2. The highest BCUT2D eigenvalue weighted by Gasteiger charge is 2.53. The fourth-order valence-corrected chi connectivity index (χ4v) is 3.47. The molecule has 3 atom stereocenters. The van der Waals surface area contributed by atoms with E-state index < -0.39 is 12.0 Å². The van der Waals surface area contributed by atoms with Crippen molar-refractivity contribution in [3.8, 4) is 0 Å². The summed E-state index contributed by atoms with van der Waals surface area (Å²) in [5.74, 6) is -1.17. The SMILES string of the molecule is CCC1CC2C(=O)N(C(CC)CC(=O)O)C(=O)C2C1. The molecule has 1 saturated heterocycles. The smallest absolute Gasteiger partial charge is 0.305 e. The molecule has 1 heterocycles. The van der Waals surface area contributed by atoms with Crippen LogP contribution in [0.25, 0.3) is 0 Å². The van der Waals surface area contributed by atoms with Gasteiger partial charge in [-0.3, -0.25) is 19.3 Å². The number of fused-ring (bicyclic) bond motifs is 1. The number of nitrogens with zero attached hydrogens (tertiary/aromatic N) is 1. The molecule has 0 aromatic rings. The van der Waals surface area contributed by atoms with Gasteiger partial charge in [0.2, 0.25) is 11.8 Å². The summed E-state index contributed by atoms with van der Waals surface area (Å²) in [4.78, 5) is 36.8. The van der Waals surface area contributed by atoms with Gasteiger partial charge in [-0.25, -0.2) is 0 Å². The molecule has 3 unspecified atom stereocenters. The van der Waals surface area contributed by atoms with Crippen LogP contribution in [0.1, 0.15) is 46.0 Å². The first-order valence-corrected chi connectivity index (χ1v) is 7.08. The lowest BCUT2D eigenvalue weighted by molar-refractivity contribution is -0.146. The van der Waals surface area contributed by atoms with Crippen molar-refractivity contribution in [3.63, 3.8) is 0 Å². The Morgan fingerprint density at radius 3 is 2.16 bits per heavy atom. The standard InChI is InChI=1S/C14H21NO4/c1-3-8-5-10-11(6-8)14(19)15(13(10)18)9(4-2)7-12(16)17/h8-11H,3-7H2,1-2H3,(H,16,17). The van der Waals surface area contributed by atoms with Crippen molar-refractivity contribution in [1.82, 2.24) is 4.90 Å². The maximum absolute atomic E-state index is 12.4. The minimum atomic E-state index is -0.962. The average Bonchev–Trinajstić information content (AvgIpc) is 2.88. The molecule has 1 N–H and O–H groups in total. The Hall–Kier alpha value is -1.39. The molecule has 1 aliphatic carbocycles. The third kappa shape index (κ3) is 2.38. The summed E-state index contributed by atoms with van der Waals surface area (Å²) in [6.45, 7) is 3.90. The lowest BCUT2D eigenvalue weighted by Crippen LogP contribution is -2.42. The van der Waals surface area contributed by atoms with E-state index in [1.54, 1.807) is 0 Å². The quantitative estimate of drug-likeness (QED) is 0.769. The van der Waals surface area contributed by atoms with Gasteiger partial charge in [0.25, 0.3) is 0 Å². The first kappa shape index (κ1) is 14.0. The van der Waals surface area contributed by atoms with Crippen LogP contribution < -0.4 is 0 Å². The summed E-state index contributed by atoms with van der Waals surface area (Å²) in [6.07, 6.45) is 2.92. The molecule has 1 aliphatic heterocycles. The zero-order valence-corrected chi connectivity index (χ0v) is 11.5. The lowest BCUT2D eigenvalue weighted by atomic mass is 10.00. The molecule has 5 heteroatoms. The van der Waals surface area contributed by atoms with Gasteiger partial charge >= 0.3 is 5.97 Å². The molecule has 106 valence electrons. The van der Waals surface area contributed by atoms with E-state index in [0.717, 1.165) is 19.3 Å². The molecule has 0 aromatic heterocycles. The number of likely N-dealkylation sites (tertiary alicyclic amines) is 1. The van der Waals surface area contributed by atoms with Crippen LogP contribution in [-0.2, 0) is 14.4 Å². The van der Waals surface area contributed by atoms with E-state index in [0.29, 0.717) is 12.3 Å². The van der Waals surface area contributed by atoms with Crippen molar-refractivity contribution in [2.75, 3.05) is 0 Å². The van der Waals surface area contributed by atoms with Crippen LogP contribution in [0.4, 0.5) is 0 Å². The second-order valence-corrected chi connectivity index (χ2v) is 5.67. The van der Waals surface area contributed by atoms with Crippen LogP contribution in [0.5, 0.6) is 0 Å². The van der Waals surface area contributed by atoms with E-state index in [1.165, 1.54) is 4.90 Å². The van der Waals surface area contributed by atoms with Gasteiger partial charge in [-0.2, -0.15) is 0 Å². The third-order valence-electron chi connectivity index (χ3n) is 4.59. The predicted octanol–water partition coefficient (Wildman–Crippen LogP) is 1.66. The Morgan fingerprint density at radius 2 is 1.79 bits per heavy atom. The summed E-state index contributed by atoms with van der Waals surface area (Å²) in [7, 11) is 0. The molecule has 2 rings (SSSR count). The minimum absolute atomic E-state index is 0.140. The zero-order valence-electron chi connectivity index (χ0n) is 11.5. The molecule has 0 radical (unpaired) electrons. The Kier molecular flexibility index (Phi) is 3.92. The number of hydrogen-bond acceptors (Lipinski definition) is 3. The summed E-state index contributed by atoms with van der Waals surface area (Å²) < 4.78 is 0. The van der Waals surface area contributed by atoms with Crippen LogP contribution in [0.2, 0.25) is 0 Å². The van der Waals surface area contributed by atoms with Crippen molar-refractivity contribution >= 4 is 17.8 Å². The monoisotopic (exact) mass is 267 g/mol. The van der Waals surface area contributed by atoms with Gasteiger partial charge < -0.3 is 5.11 Å². The Labute approximate surface area is 113 Å². The number of carbonyl (C=O) groups is 3. The third-order valence-corrected chi connectivity index (χ3v) is 4.59. The highest BCUT2D eigenvalue weighted by Crippen LogP contribution is 2.45. The van der Waals surface area contributed by atoms with Crippen LogP contribution in [0.3, 0.4) is 0 Å². The minimum Gasteiger partial charge on any atom is -0.481 e. The highest BCUT2D eigenvalue weighted by atomic mass is 16.4. The van der Waals surface area contributed by atoms with E-state index in [1.807, 2.05) is 6.92 Å². The normalized spacial score (nSPS) is 31.7. The van der Waals surface area contributed by atoms with Gasteiger partial charge in [-0.1, -0.05) is 20.3 Å². The first-order valence-electron chi connectivity index (χ1n) is 7.08. The molecule has 0 aromatic carbocycles. The molecular weight excluding hydrogens is 246 g/mol. The Morgan fingerprint density at radius 1 is 1.26 bits per heavy atom. The summed E-state index contributed by atoms with van der Waals surface area (Å²) in [6, 6.07) is -0.483. The van der Waals surface area contributed by atoms with Crippen LogP contribution >= 0.6 is 0 Å². The number of carbonyl (C=O) groups excluding carboxylic acids is 2. The summed E-state index contributed by atoms with van der Waals surface area (Å²) >= 11 is 0. The van der Waals surface area contributed by atoms with Gasteiger partial charge in [-0.05, 0) is 25.2 Å². The van der Waals surface area contributed by atoms with Crippen molar-refractivity contribution in [2.24, 2.45) is 17.8 Å². The highest BCUT2D eigenvalue weighted by molar-refractivity contribution is 6.06. The van der Waals surface area contributed by atoms with E-state index in [9.17, 15) is 14.4 Å². The van der Waals surface area contributed by atoms with Gasteiger partial charge in [-0.15, -0.1) is 0 Å². The maximum atomic E-state index is 12.4. The maximum Gasteiger partial charge on any atom is 0.305 e. The molecule has 0 spiro atoms. The van der Waals surface area contributed by atoms with Crippen LogP contribution in [0, 0.1) is 17.8 Å². The van der Waals surface area contributed by atoms with E-state index >= 15 is 0 Å². The van der Waals surface area contributed by atoms with Crippen LogP contribution in [-0.4, -0.2) is 33.8 Å². The van der Waals surface area contributed by atoms with Gasteiger partial charge in [0.05, 0.1) is 18.3 Å². The number of carboxylic acid groups (broad SMARTS) is 1. The van der Waals surface area contributed by atoms with Crippen molar-refractivity contribution in [2.45, 2.75) is 52.0 Å². The summed E-state index contributed by atoms with van der Waals surface area (Å²) in [5.41, 5.74) is 0. The topological polar surface area (TPSA) is 74.7 Å². The molecular formula is C14H21NO4. The van der Waals surface area contributed by atoms with Crippen molar-refractivity contribution in [1.29, 1.82) is 0 Å². The molecule has 0 bridgehead atoms. The fourth-order valence-electron chi connectivity index (χ4n) is 3.47. The molecule has 5 nitrogen and oxygen atoms in total. The Balaban J connectivity index is 2.15. The second kappa shape index (κ2) is 5.31. The number of hydrogen-bond donors (Lipinski definition) is 1. The fraction of sp³-hybridized carbons (Fsp3) is 0.786. The number of rotatable bonds is 5. The molecule has 19 heavy (non-hydrogen) atoms. The average molecular weight is 267 g/mol. The Bertz CT molecular complexity index is 382. The summed E-state index contributed by atoms with van der Waals surface area (Å²) in [5, 5.41) is 8.88. The van der Waals surface area contributed by atoms with Gasteiger partial charge in [0.1, 0.15) is 0 Å². The van der Waals surface area contributed by atoms with E-state index in [-0.39, 0.29) is 30.1 Å². The molecule has 2 aliphatic rings. The number of imide groups is 1. The van der Waals surface area contributed by atoms with Crippen molar-refractivity contribution < 1.29 is 19.5 Å². The second-order valence-electron chi connectivity index (χ2n) is 5.67. The first-order chi connectivity index (χ1) is 8.99. The number of aliphatic carboxylic acids is 1. The van der Waals surface area contributed by atoms with Crippen molar-refractivity contribution in [3.05, 3.63) is 0 Å².